The van der Waals surface area contributed by atoms with Crippen molar-refractivity contribution in [2.75, 3.05) is 0 Å². The molecule has 0 bridgehead atoms. The number of carbonyl (C=O) groups excluding carboxylic acids is 1. The summed E-state index contributed by atoms with van der Waals surface area (Å²) in [5.74, 6) is -1.74. The minimum absolute atomic E-state index is 0.110. The number of halogens is 1. The molecule has 21 heavy (non-hydrogen) atoms. The number of furan rings is 1. The van der Waals surface area contributed by atoms with Gasteiger partial charge in [0.1, 0.15) is 11.6 Å². The molecular formula is C15H16ClNO4. The molecule has 0 fully saturated rings. The van der Waals surface area contributed by atoms with Crippen LogP contribution in [-0.2, 0) is 4.79 Å². The van der Waals surface area contributed by atoms with Gasteiger partial charge in [-0.25, -0.2) is 4.79 Å². The molecule has 112 valence electrons. The van der Waals surface area contributed by atoms with Crippen molar-refractivity contribution >= 4 is 34.4 Å². The number of hydrogen-bond acceptors (Lipinski definition) is 3. The fourth-order valence-corrected chi connectivity index (χ4v) is 2.30. The van der Waals surface area contributed by atoms with Gasteiger partial charge in [-0.1, -0.05) is 25.4 Å². The van der Waals surface area contributed by atoms with E-state index in [0.29, 0.717) is 16.2 Å². The molecule has 0 unspecified atom stereocenters. The predicted octanol–water partition coefficient (Wildman–Crippen LogP) is 3.23. The summed E-state index contributed by atoms with van der Waals surface area (Å²) in [4.78, 5) is 23.4. The molecule has 0 radical (unpaired) electrons. The van der Waals surface area contributed by atoms with E-state index in [2.05, 4.69) is 5.32 Å². The molecule has 1 atom stereocenters. The van der Waals surface area contributed by atoms with Gasteiger partial charge >= 0.3 is 5.97 Å². The Balaban J connectivity index is 2.35. The Labute approximate surface area is 126 Å². The Morgan fingerprint density at radius 3 is 2.57 bits per heavy atom. The van der Waals surface area contributed by atoms with Gasteiger partial charge < -0.3 is 14.8 Å². The maximum atomic E-state index is 12.2. The van der Waals surface area contributed by atoms with Gasteiger partial charge in [0.05, 0.1) is 0 Å². The van der Waals surface area contributed by atoms with Crippen LogP contribution in [0.15, 0.2) is 22.6 Å². The maximum absolute atomic E-state index is 12.2. The Hall–Kier alpha value is -2.01. The fourth-order valence-electron chi connectivity index (χ4n) is 2.13. The number of rotatable bonds is 4. The number of aryl methyl sites for hydroxylation is 1. The third kappa shape index (κ3) is 3.03. The smallest absolute Gasteiger partial charge is 0.326 e. The molecule has 2 rings (SSSR count). The van der Waals surface area contributed by atoms with Gasteiger partial charge in [0.15, 0.2) is 5.76 Å². The van der Waals surface area contributed by atoms with Crippen LogP contribution in [0.5, 0.6) is 0 Å². The van der Waals surface area contributed by atoms with E-state index in [9.17, 15) is 9.59 Å². The van der Waals surface area contributed by atoms with E-state index in [0.717, 1.165) is 5.39 Å². The summed E-state index contributed by atoms with van der Waals surface area (Å²) in [5.41, 5.74) is 1.18. The average molecular weight is 310 g/mol. The third-order valence-electron chi connectivity index (χ3n) is 3.32. The maximum Gasteiger partial charge on any atom is 0.326 e. The largest absolute Gasteiger partial charge is 0.480 e. The second-order valence-corrected chi connectivity index (χ2v) is 5.67. The topological polar surface area (TPSA) is 79.5 Å². The van der Waals surface area contributed by atoms with E-state index in [4.69, 9.17) is 21.1 Å². The van der Waals surface area contributed by atoms with Crippen molar-refractivity contribution in [3.8, 4) is 0 Å². The lowest BCUT2D eigenvalue weighted by Crippen LogP contribution is -2.44. The molecule has 6 heteroatoms. The van der Waals surface area contributed by atoms with Crippen LogP contribution in [0.25, 0.3) is 11.0 Å². The van der Waals surface area contributed by atoms with E-state index in [-0.39, 0.29) is 11.7 Å². The summed E-state index contributed by atoms with van der Waals surface area (Å²) in [6, 6.07) is 4.10. The number of amides is 1. The van der Waals surface area contributed by atoms with Gasteiger partial charge in [-0.2, -0.15) is 0 Å². The summed E-state index contributed by atoms with van der Waals surface area (Å²) in [5, 5.41) is 12.9. The van der Waals surface area contributed by atoms with Crippen LogP contribution < -0.4 is 5.32 Å². The summed E-state index contributed by atoms with van der Waals surface area (Å²) in [6.45, 7) is 5.19. The first-order valence-electron chi connectivity index (χ1n) is 6.53. The van der Waals surface area contributed by atoms with E-state index < -0.39 is 17.9 Å². The first-order valence-corrected chi connectivity index (χ1v) is 6.91. The second-order valence-electron chi connectivity index (χ2n) is 5.23. The zero-order valence-corrected chi connectivity index (χ0v) is 12.7. The lowest BCUT2D eigenvalue weighted by molar-refractivity contribution is -0.140. The molecule has 1 aromatic carbocycles. The number of benzene rings is 1. The van der Waals surface area contributed by atoms with Crippen LogP contribution >= 0.6 is 11.6 Å². The molecule has 2 aromatic rings. The Kier molecular flexibility index (Phi) is 4.23. The standard InChI is InChI=1S/C15H16ClNO4/c1-7(2)12(15(19)20)17-14(18)13-8(3)10-6-9(16)4-5-11(10)21-13/h4-7,12H,1-3H3,(H,17,18)(H,19,20)/t12-/m1/s1. The molecule has 1 aromatic heterocycles. The van der Waals surface area contributed by atoms with Crippen molar-refractivity contribution in [2.24, 2.45) is 5.92 Å². The van der Waals surface area contributed by atoms with Gasteiger partial charge in [-0.05, 0) is 31.0 Å². The highest BCUT2D eigenvalue weighted by molar-refractivity contribution is 6.31. The highest BCUT2D eigenvalue weighted by atomic mass is 35.5. The summed E-state index contributed by atoms with van der Waals surface area (Å²) >= 11 is 5.93. The minimum Gasteiger partial charge on any atom is -0.480 e. The molecule has 1 heterocycles. The molecule has 0 aliphatic heterocycles. The van der Waals surface area contributed by atoms with Crippen LogP contribution in [0.4, 0.5) is 0 Å². The predicted molar refractivity (Wildman–Crippen MR) is 79.7 cm³/mol. The monoisotopic (exact) mass is 309 g/mol. The van der Waals surface area contributed by atoms with Crippen LogP contribution in [0, 0.1) is 12.8 Å². The lowest BCUT2D eigenvalue weighted by atomic mass is 10.0. The first kappa shape index (κ1) is 15.4. The molecule has 2 N–H and O–H groups in total. The SMILES string of the molecule is Cc1c(C(=O)N[C@@H](C(=O)O)C(C)C)oc2ccc(Cl)cc12. The molecule has 0 spiro atoms. The summed E-state index contributed by atoms with van der Waals surface area (Å²) < 4.78 is 5.51. The van der Waals surface area contributed by atoms with Gasteiger partial charge in [-0.3, -0.25) is 4.79 Å². The second kappa shape index (κ2) is 5.77. The van der Waals surface area contributed by atoms with Crippen molar-refractivity contribution in [3.63, 3.8) is 0 Å². The zero-order chi connectivity index (χ0) is 15.7. The van der Waals surface area contributed by atoms with Crippen molar-refractivity contribution in [1.82, 2.24) is 5.32 Å². The van der Waals surface area contributed by atoms with Gasteiger partial charge in [-0.15, -0.1) is 0 Å². The Morgan fingerprint density at radius 1 is 1.33 bits per heavy atom. The molecule has 0 saturated heterocycles. The van der Waals surface area contributed by atoms with E-state index in [1.165, 1.54) is 0 Å². The molecule has 0 aliphatic rings. The Bertz CT molecular complexity index is 705. The highest BCUT2D eigenvalue weighted by Crippen LogP contribution is 2.28. The molecular weight excluding hydrogens is 294 g/mol. The minimum atomic E-state index is -1.07. The van der Waals surface area contributed by atoms with Crippen LogP contribution in [-0.4, -0.2) is 23.0 Å². The number of fused-ring (bicyclic) bond motifs is 1. The first-order chi connectivity index (χ1) is 9.81. The van der Waals surface area contributed by atoms with E-state index >= 15 is 0 Å². The van der Waals surface area contributed by atoms with Crippen molar-refractivity contribution in [1.29, 1.82) is 0 Å². The number of carboxylic acid groups (broad SMARTS) is 1. The van der Waals surface area contributed by atoms with Crippen LogP contribution in [0.1, 0.15) is 30.0 Å². The fraction of sp³-hybridized carbons (Fsp3) is 0.333. The van der Waals surface area contributed by atoms with Crippen LogP contribution in [0.2, 0.25) is 5.02 Å². The number of aliphatic carboxylic acids is 1. The van der Waals surface area contributed by atoms with Gasteiger partial charge in [0, 0.05) is 16.0 Å². The normalized spacial score (nSPS) is 12.6. The molecule has 5 nitrogen and oxygen atoms in total. The quantitative estimate of drug-likeness (QED) is 0.908. The number of nitrogens with one attached hydrogen (secondary N) is 1. The van der Waals surface area contributed by atoms with E-state index in [1.807, 2.05) is 0 Å². The number of carboxylic acids is 1. The summed E-state index contributed by atoms with van der Waals surface area (Å²) in [6.07, 6.45) is 0. The number of carbonyl (C=O) groups is 2. The van der Waals surface area contributed by atoms with Crippen molar-refractivity contribution in [3.05, 3.63) is 34.5 Å². The number of hydrogen-bond donors (Lipinski definition) is 2. The lowest BCUT2D eigenvalue weighted by Gasteiger charge is -2.17. The van der Waals surface area contributed by atoms with Crippen LogP contribution in [0.3, 0.4) is 0 Å². The summed E-state index contributed by atoms with van der Waals surface area (Å²) in [7, 11) is 0. The van der Waals surface area contributed by atoms with Crippen molar-refractivity contribution < 1.29 is 19.1 Å². The highest BCUT2D eigenvalue weighted by Gasteiger charge is 2.26. The zero-order valence-electron chi connectivity index (χ0n) is 11.9. The molecule has 0 saturated carbocycles. The van der Waals surface area contributed by atoms with Gasteiger partial charge in [0.2, 0.25) is 0 Å². The average Bonchev–Trinajstić information content (AvgIpc) is 2.72. The third-order valence-corrected chi connectivity index (χ3v) is 3.56. The Morgan fingerprint density at radius 2 is 2.00 bits per heavy atom. The molecule has 1 amide bonds. The van der Waals surface area contributed by atoms with E-state index in [1.54, 1.807) is 39.0 Å². The van der Waals surface area contributed by atoms with Crippen molar-refractivity contribution in [2.45, 2.75) is 26.8 Å². The van der Waals surface area contributed by atoms with Gasteiger partial charge in [0.25, 0.3) is 5.91 Å². The molecule has 0 aliphatic carbocycles.